The van der Waals surface area contributed by atoms with Gasteiger partial charge >= 0.3 is 35.0 Å². The summed E-state index contributed by atoms with van der Waals surface area (Å²) >= 11 is 0. The number of aliphatic carboxylic acids is 2. The van der Waals surface area contributed by atoms with Crippen LogP contribution in [-0.4, -0.2) is 56.9 Å². The van der Waals surface area contributed by atoms with E-state index in [1.807, 2.05) is 0 Å². The molecule has 6 heteroatoms. The molecule has 0 aromatic heterocycles. The summed E-state index contributed by atoms with van der Waals surface area (Å²) in [6, 6.07) is 0. The van der Waals surface area contributed by atoms with Gasteiger partial charge in [-0.25, -0.2) is 0 Å². The molecule has 0 unspecified atom stereocenters. The first-order valence-electron chi connectivity index (χ1n) is 3.29. The minimum atomic E-state index is -1.31. The average Bonchev–Trinajstić information content (AvgIpc) is 1.90. The monoisotopic (exact) mass is 203 g/mol. The molecule has 0 fully saturated rings. The van der Waals surface area contributed by atoms with Crippen LogP contribution in [0.4, 0.5) is 0 Å². The van der Waals surface area contributed by atoms with E-state index in [1.165, 1.54) is 0 Å². The van der Waals surface area contributed by atoms with Gasteiger partial charge in [-0.05, 0) is 6.92 Å². The summed E-state index contributed by atoms with van der Waals surface area (Å²) in [5.41, 5.74) is 0. The SMILES string of the molecule is CCO.O=C(O)CC(=O)O.[CH2-]C.[Mg+2]. The Morgan fingerprint density at radius 3 is 1.31 bits per heavy atom. The molecule has 0 bridgehead atoms. The standard InChI is InChI=1S/C3H4O4.C2H6O.C2H5.Mg/c4-2(5)1-3(6)7;1-2-3;1-2;/h1H2,(H,4,5)(H,6,7);3H,2H2,1H3;1H2,2H3;/q;;-1;+2. The largest absolute Gasteiger partial charge is 2.00 e. The van der Waals surface area contributed by atoms with Crippen LogP contribution in [-0.2, 0) is 9.59 Å². The molecule has 13 heavy (non-hydrogen) atoms. The van der Waals surface area contributed by atoms with Gasteiger partial charge in [-0.15, -0.1) is 0 Å². The molecule has 0 heterocycles. The number of aliphatic hydroxyl groups excluding tert-OH is 1. The molecule has 5 nitrogen and oxygen atoms in total. The molecule has 0 aromatic rings. The summed E-state index contributed by atoms with van der Waals surface area (Å²) in [6.07, 6.45) is -0.806. The molecule has 0 spiro atoms. The number of hydrogen-bond donors (Lipinski definition) is 3. The fourth-order valence-electron chi connectivity index (χ4n) is 0.129. The maximum Gasteiger partial charge on any atom is 2.00 e. The van der Waals surface area contributed by atoms with E-state index in [0.29, 0.717) is 0 Å². The van der Waals surface area contributed by atoms with Gasteiger partial charge in [-0.3, -0.25) is 9.59 Å². The Morgan fingerprint density at radius 1 is 1.15 bits per heavy atom. The summed E-state index contributed by atoms with van der Waals surface area (Å²) in [6.45, 7) is 6.93. The third-order valence-electron chi connectivity index (χ3n) is 0.302. The van der Waals surface area contributed by atoms with Crippen LogP contribution in [0.2, 0.25) is 0 Å². The number of hydrogen-bond acceptors (Lipinski definition) is 3. The van der Waals surface area contributed by atoms with Crippen LogP contribution in [0, 0.1) is 6.92 Å². The minimum absolute atomic E-state index is 0. The summed E-state index contributed by atoms with van der Waals surface area (Å²) in [5, 5.41) is 23.0. The van der Waals surface area contributed by atoms with Crippen molar-refractivity contribution in [3.05, 3.63) is 6.92 Å². The zero-order valence-electron chi connectivity index (χ0n) is 7.99. The zero-order chi connectivity index (χ0) is 10.6. The number of carboxylic acids is 2. The molecule has 0 radical (unpaired) electrons. The average molecular weight is 203 g/mol. The van der Waals surface area contributed by atoms with Gasteiger partial charge in [0, 0.05) is 6.61 Å². The van der Waals surface area contributed by atoms with Crippen LogP contribution in [0.5, 0.6) is 0 Å². The fourth-order valence-corrected chi connectivity index (χ4v) is 0.129. The Bertz CT molecular complexity index is 103. The topological polar surface area (TPSA) is 94.8 Å². The Balaban J connectivity index is -0.0000000581. The number of carboxylic acid groups (broad SMARTS) is 2. The molecule has 0 amide bonds. The van der Waals surface area contributed by atoms with E-state index in [9.17, 15) is 9.59 Å². The second-order valence-corrected chi connectivity index (χ2v) is 1.28. The van der Waals surface area contributed by atoms with Crippen LogP contribution in [0.1, 0.15) is 20.3 Å². The molecule has 0 atom stereocenters. The molecule has 0 saturated carbocycles. The fraction of sp³-hybridized carbons (Fsp3) is 0.571. The van der Waals surface area contributed by atoms with Gasteiger partial charge in [0.05, 0.1) is 0 Å². The van der Waals surface area contributed by atoms with Crippen LogP contribution in [0.3, 0.4) is 0 Å². The van der Waals surface area contributed by atoms with E-state index >= 15 is 0 Å². The Labute approximate surface area is 93.9 Å². The van der Waals surface area contributed by atoms with Crippen molar-refractivity contribution in [3.8, 4) is 0 Å². The van der Waals surface area contributed by atoms with Crippen LogP contribution in [0.15, 0.2) is 0 Å². The van der Waals surface area contributed by atoms with E-state index < -0.39 is 18.4 Å². The molecule has 0 aliphatic rings. The number of aliphatic hydroxyl groups is 1. The Kier molecular flexibility index (Phi) is 39.9. The van der Waals surface area contributed by atoms with Gasteiger partial charge in [0.2, 0.25) is 0 Å². The van der Waals surface area contributed by atoms with Crippen molar-refractivity contribution in [2.75, 3.05) is 6.61 Å². The third kappa shape index (κ3) is 81.1. The van der Waals surface area contributed by atoms with Crippen molar-refractivity contribution in [2.45, 2.75) is 20.3 Å². The molecular formula is C7H15MgO5+. The second kappa shape index (κ2) is 22.6. The minimum Gasteiger partial charge on any atom is -0.481 e. The molecule has 0 aromatic carbocycles. The normalized spacial score (nSPS) is 6.15. The van der Waals surface area contributed by atoms with E-state index in [1.54, 1.807) is 13.8 Å². The van der Waals surface area contributed by atoms with Gasteiger partial charge in [-0.1, -0.05) is 0 Å². The van der Waals surface area contributed by atoms with Crippen molar-refractivity contribution >= 4 is 35.0 Å². The first-order valence-corrected chi connectivity index (χ1v) is 3.29. The second-order valence-electron chi connectivity index (χ2n) is 1.28. The van der Waals surface area contributed by atoms with Gasteiger partial charge in [-0.2, -0.15) is 6.92 Å². The Hall–Kier alpha value is -0.334. The van der Waals surface area contributed by atoms with Crippen molar-refractivity contribution in [1.82, 2.24) is 0 Å². The predicted molar refractivity (Wildman–Crippen MR) is 49.4 cm³/mol. The van der Waals surface area contributed by atoms with Crippen LogP contribution in [0.25, 0.3) is 0 Å². The maximum absolute atomic E-state index is 9.43. The van der Waals surface area contributed by atoms with E-state index in [2.05, 4.69) is 6.92 Å². The maximum atomic E-state index is 9.43. The summed E-state index contributed by atoms with van der Waals surface area (Å²) in [4.78, 5) is 18.9. The summed E-state index contributed by atoms with van der Waals surface area (Å²) in [7, 11) is 0. The van der Waals surface area contributed by atoms with Gasteiger partial charge in [0.25, 0.3) is 0 Å². The van der Waals surface area contributed by atoms with Crippen molar-refractivity contribution in [2.24, 2.45) is 0 Å². The smallest absolute Gasteiger partial charge is 0.481 e. The van der Waals surface area contributed by atoms with E-state index in [0.717, 1.165) is 0 Å². The molecule has 0 aliphatic carbocycles. The van der Waals surface area contributed by atoms with Crippen molar-refractivity contribution < 1.29 is 24.9 Å². The Morgan fingerprint density at radius 2 is 1.31 bits per heavy atom. The number of rotatable bonds is 2. The summed E-state index contributed by atoms with van der Waals surface area (Å²) in [5.74, 6) is -2.62. The van der Waals surface area contributed by atoms with Gasteiger partial charge in [0.15, 0.2) is 0 Å². The van der Waals surface area contributed by atoms with Crippen LogP contribution >= 0.6 is 0 Å². The van der Waals surface area contributed by atoms with Gasteiger partial charge < -0.3 is 22.2 Å². The summed E-state index contributed by atoms with van der Waals surface area (Å²) < 4.78 is 0. The first kappa shape index (κ1) is 23.0. The zero-order valence-corrected chi connectivity index (χ0v) is 9.40. The molecule has 0 aliphatic heterocycles. The molecule has 3 N–H and O–H groups in total. The van der Waals surface area contributed by atoms with Gasteiger partial charge in [0.1, 0.15) is 6.42 Å². The number of carbonyl (C=O) groups is 2. The molecule has 74 valence electrons. The molecular weight excluding hydrogens is 188 g/mol. The predicted octanol–water partition coefficient (Wildman–Crippen LogP) is 0.00389. The first-order chi connectivity index (χ1) is 5.54. The van der Waals surface area contributed by atoms with Crippen molar-refractivity contribution in [1.29, 1.82) is 0 Å². The molecule has 0 saturated heterocycles. The van der Waals surface area contributed by atoms with Crippen molar-refractivity contribution in [3.63, 3.8) is 0 Å². The van der Waals surface area contributed by atoms with Crippen LogP contribution < -0.4 is 0 Å². The van der Waals surface area contributed by atoms with E-state index in [-0.39, 0.29) is 29.7 Å². The quantitative estimate of drug-likeness (QED) is 0.334. The third-order valence-corrected chi connectivity index (χ3v) is 0.302. The van der Waals surface area contributed by atoms with E-state index in [4.69, 9.17) is 15.3 Å². The molecule has 0 rings (SSSR count).